The summed E-state index contributed by atoms with van der Waals surface area (Å²) >= 11 is 5.29. The normalized spacial score (nSPS) is 11.6. The van der Waals surface area contributed by atoms with Gasteiger partial charge in [-0.25, -0.2) is 0 Å². The van der Waals surface area contributed by atoms with Crippen molar-refractivity contribution in [3.8, 4) is 5.88 Å². The molecule has 0 atom stereocenters. The number of pyridine rings is 1. The van der Waals surface area contributed by atoms with Crippen LogP contribution < -0.4 is 10.1 Å². The topological polar surface area (TPSA) is 71.9 Å². The quantitative estimate of drug-likeness (QED) is 0.851. The van der Waals surface area contributed by atoms with Crippen LogP contribution in [0.4, 0.5) is 0 Å². The van der Waals surface area contributed by atoms with Crippen LogP contribution in [0.5, 0.6) is 5.88 Å². The summed E-state index contributed by atoms with van der Waals surface area (Å²) in [5.74, 6) is 0.506. The highest BCUT2D eigenvalue weighted by molar-refractivity contribution is 7.71. The molecule has 21 heavy (non-hydrogen) atoms. The average Bonchev–Trinajstić information content (AvgIpc) is 2.69. The number of carbonyl (C=O) groups excluding carboxylic acids is 1. The molecule has 0 aliphatic carbocycles. The third kappa shape index (κ3) is 3.81. The fourth-order valence-corrected chi connectivity index (χ4v) is 2.32. The summed E-state index contributed by atoms with van der Waals surface area (Å²) < 4.78 is 7.49. The molecule has 2 rings (SSSR count). The number of hydrogen-bond donors (Lipinski definition) is 2. The first kappa shape index (κ1) is 15.5. The molecule has 0 saturated carbocycles. The van der Waals surface area contributed by atoms with Gasteiger partial charge in [-0.15, -0.1) is 0 Å². The summed E-state index contributed by atoms with van der Waals surface area (Å²) in [6.45, 7) is 6.33. The SMILES string of the molecule is COc1ccc2[nH]c(=S)n(CCC(=O)NC(C)(C)C)c2n1. The Morgan fingerprint density at radius 2 is 2.19 bits per heavy atom. The summed E-state index contributed by atoms with van der Waals surface area (Å²) in [6, 6.07) is 3.63. The predicted molar refractivity (Wildman–Crippen MR) is 84.0 cm³/mol. The van der Waals surface area contributed by atoms with Crippen LogP contribution in [0.15, 0.2) is 12.1 Å². The number of carbonyl (C=O) groups is 1. The van der Waals surface area contributed by atoms with Crippen molar-refractivity contribution in [2.24, 2.45) is 0 Å². The van der Waals surface area contributed by atoms with Gasteiger partial charge < -0.3 is 19.6 Å². The van der Waals surface area contributed by atoms with E-state index in [1.54, 1.807) is 13.2 Å². The number of nitrogens with zero attached hydrogens (tertiary/aromatic N) is 2. The van der Waals surface area contributed by atoms with E-state index in [0.29, 0.717) is 29.3 Å². The van der Waals surface area contributed by atoms with Crippen molar-refractivity contribution in [2.45, 2.75) is 39.3 Å². The van der Waals surface area contributed by atoms with Gasteiger partial charge in [0.2, 0.25) is 11.8 Å². The van der Waals surface area contributed by atoms with E-state index in [2.05, 4.69) is 15.3 Å². The van der Waals surface area contributed by atoms with Crippen molar-refractivity contribution in [1.82, 2.24) is 19.9 Å². The molecule has 0 fully saturated rings. The van der Waals surface area contributed by atoms with Crippen molar-refractivity contribution >= 4 is 29.3 Å². The van der Waals surface area contributed by atoms with Crippen LogP contribution in [0.25, 0.3) is 11.2 Å². The third-order valence-electron chi connectivity index (χ3n) is 2.88. The Bertz CT molecular complexity index is 712. The van der Waals surface area contributed by atoms with Crippen LogP contribution in [0, 0.1) is 4.77 Å². The van der Waals surface area contributed by atoms with Crippen LogP contribution >= 0.6 is 12.2 Å². The molecule has 2 heterocycles. The van der Waals surface area contributed by atoms with Gasteiger partial charge in [-0.3, -0.25) is 4.79 Å². The Morgan fingerprint density at radius 1 is 1.48 bits per heavy atom. The van der Waals surface area contributed by atoms with E-state index >= 15 is 0 Å². The molecular formula is C14H20N4O2S. The predicted octanol–water partition coefficient (Wildman–Crippen LogP) is 2.41. The molecule has 2 aromatic heterocycles. The molecule has 7 heteroatoms. The number of nitrogens with one attached hydrogen (secondary N) is 2. The smallest absolute Gasteiger partial charge is 0.222 e. The number of aryl methyl sites for hydroxylation is 1. The number of ether oxygens (including phenoxy) is 1. The first-order chi connectivity index (χ1) is 9.80. The zero-order valence-corrected chi connectivity index (χ0v) is 13.5. The van der Waals surface area contributed by atoms with E-state index in [4.69, 9.17) is 17.0 Å². The molecular weight excluding hydrogens is 288 g/mol. The van der Waals surface area contributed by atoms with Crippen molar-refractivity contribution in [3.63, 3.8) is 0 Å². The lowest BCUT2D eigenvalue weighted by atomic mass is 10.1. The van der Waals surface area contributed by atoms with E-state index in [1.807, 2.05) is 31.4 Å². The van der Waals surface area contributed by atoms with Crippen molar-refractivity contribution in [3.05, 3.63) is 16.9 Å². The molecule has 6 nitrogen and oxygen atoms in total. The maximum atomic E-state index is 11.9. The number of aromatic amines is 1. The number of imidazole rings is 1. The van der Waals surface area contributed by atoms with Gasteiger partial charge in [-0.05, 0) is 39.1 Å². The van der Waals surface area contributed by atoms with E-state index in [0.717, 1.165) is 5.52 Å². The molecule has 1 amide bonds. The second-order valence-corrected chi connectivity index (χ2v) is 6.24. The second kappa shape index (κ2) is 5.85. The summed E-state index contributed by atoms with van der Waals surface area (Å²) in [5, 5.41) is 2.93. The van der Waals surface area contributed by atoms with Gasteiger partial charge >= 0.3 is 0 Å². The molecule has 0 aromatic carbocycles. The van der Waals surface area contributed by atoms with Crippen LogP contribution in [0.3, 0.4) is 0 Å². The van der Waals surface area contributed by atoms with Crippen LogP contribution in [0.2, 0.25) is 0 Å². The van der Waals surface area contributed by atoms with Crippen molar-refractivity contribution < 1.29 is 9.53 Å². The second-order valence-electron chi connectivity index (χ2n) is 5.85. The summed E-state index contributed by atoms with van der Waals surface area (Å²) in [7, 11) is 1.57. The van der Waals surface area contributed by atoms with Crippen LogP contribution in [-0.4, -0.2) is 33.1 Å². The average molecular weight is 308 g/mol. The maximum Gasteiger partial charge on any atom is 0.222 e. The monoisotopic (exact) mass is 308 g/mol. The molecule has 0 saturated heterocycles. The molecule has 0 aliphatic heterocycles. The van der Waals surface area contributed by atoms with E-state index < -0.39 is 0 Å². The Morgan fingerprint density at radius 3 is 2.81 bits per heavy atom. The van der Waals surface area contributed by atoms with Gasteiger partial charge in [-0.1, -0.05) is 0 Å². The van der Waals surface area contributed by atoms with E-state index in [1.165, 1.54) is 0 Å². The fraction of sp³-hybridized carbons (Fsp3) is 0.500. The van der Waals surface area contributed by atoms with Gasteiger partial charge in [0.25, 0.3) is 0 Å². The Labute approximate surface area is 128 Å². The first-order valence-electron chi connectivity index (χ1n) is 6.75. The third-order valence-corrected chi connectivity index (χ3v) is 3.20. The van der Waals surface area contributed by atoms with Gasteiger partial charge in [0, 0.05) is 24.6 Å². The number of H-pyrrole nitrogens is 1. The number of hydrogen-bond acceptors (Lipinski definition) is 4. The summed E-state index contributed by atoms with van der Waals surface area (Å²) in [6.07, 6.45) is 0.345. The molecule has 2 N–H and O–H groups in total. The number of aromatic nitrogens is 3. The fourth-order valence-electron chi connectivity index (χ4n) is 2.03. The molecule has 2 aromatic rings. The number of amides is 1. The summed E-state index contributed by atoms with van der Waals surface area (Å²) in [4.78, 5) is 19.4. The molecule has 0 aliphatic rings. The zero-order valence-electron chi connectivity index (χ0n) is 12.7. The highest BCUT2D eigenvalue weighted by atomic mass is 32.1. The van der Waals surface area contributed by atoms with Gasteiger partial charge in [0.05, 0.1) is 12.6 Å². The van der Waals surface area contributed by atoms with E-state index in [-0.39, 0.29) is 11.4 Å². The minimum atomic E-state index is -0.236. The van der Waals surface area contributed by atoms with Gasteiger partial charge in [0.15, 0.2) is 10.4 Å². The van der Waals surface area contributed by atoms with Crippen LogP contribution in [0.1, 0.15) is 27.2 Å². The lowest BCUT2D eigenvalue weighted by molar-refractivity contribution is -0.122. The minimum Gasteiger partial charge on any atom is -0.481 e. The van der Waals surface area contributed by atoms with Gasteiger partial charge in [0.1, 0.15) is 0 Å². The highest BCUT2D eigenvalue weighted by Gasteiger charge is 2.14. The maximum absolute atomic E-state index is 11.9. The molecule has 0 unspecified atom stereocenters. The van der Waals surface area contributed by atoms with Crippen molar-refractivity contribution in [2.75, 3.05) is 7.11 Å². The molecule has 0 spiro atoms. The molecule has 114 valence electrons. The molecule has 0 bridgehead atoms. The number of rotatable bonds is 4. The Hall–Kier alpha value is -1.89. The highest BCUT2D eigenvalue weighted by Crippen LogP contribution is 2.16. The largest absolute Gasteiger partial charge is 0.481 e. The minimum absolute atomic E-state index is 0.0124. The lowest BCUT2D eigenvalue weighted by Gasteiger charge is -2.20. The van der Waals surface area contributed by atoms with Gasteiger partial charge in [-0.2, -0.15) is 4.98 Å². The first-order valence-corrected chi connectivity index (χ1v) is 7.15. The Kier molecular flexibility index (Phi) is 4.32. The summed E-state index contributed by atoms with van der Waals surface area (Å²) in [5.41, 5.74) is 1.29. The number of methoxy groups -OCH3 is 1. The molecule has 0 radical (unpaired) electrons. The number of fused-ring (bicyclic) bond motifs is 1. The zero-order chi connectivity index (χ0) is 15.6. The van der Waals surface area contributed by atoms with E-state index in [9.17, 15) is 4.79 Å². The standard InChI is InChI=1S/C14H20N4O2S/c1-14(2,3)17-10(19)7-8-18-12-9(15-13(18)21)5-6-11(16-12)20-4/h5-6H,7-8H2,1-4H3,(H,15,21)(H,17,19). The Balaban J connectivity index is 2.20. The van der Waals surface area contributed by atoms with Crippen molar-refractivity contribution in [1.29, 1.82) is 0 Å². The van der Waals surface area contributed by atoms with Crippen LogP contribution in [-0.2, 0) is 11.3 Å². The lowest BCUT2D eigenvalue weighted by Crippen LogP contribution is -2.40.